The minimum absolute atomic E-state index is 0.140. The van der Waals surface area contributed by atoms with Crippen molar-refractivity contribution in [2.24, 2.45) is 4.40 Å². The van der Waals surface area contributed by atoms with Crippen LogP contribution in [0.3, 0.4) is 0 Å². The number of hydrogen-bond donors (Lipinski definition) is 0. The van der Waals surface area contributed by atoms with Crippen molar-refractivity contribution in [2.75, 3.05) is 0 Å². The molecule has 1 aromatic carbocycles. The molecular formula is C12H14F3NS. The van der Waals surface area contributed by atoms with Gasteiger partial charge in [0.2, 0.25) is 0 Å². The highest BCUT2D eigenvalue weighted by molar-refractivity contribution is 7.99. The Bertz CT molecular complexity index is 410. The van der Waals surface area contributed by atoms with E-state index in [-0.39, 0.29) is 10.3 Å². The van der Waals surface area contributed by atoms with Gasteiger partial charge in [-0.15, -0.1) is 0 Å². The van der Waals surface area contributed by atoms with Gasteiger partial charge in [0.25, 0.3) is 6.43 Å². The van der Waals surface area contributed by atoms with Crippen molar-refractivity contribution in [3.05, 3.63) is 35.6 Å². The Hall–Kier alpha value is -0.970. The Morgan fingerprint density at radius 2 is 1.82 bits per heavy atom. The van der Waals surface area contributed by atoms with E-state index in [9.17, 15) is 13.2 Å². The summed E-state index contributed by atoms with van der Waals surface area (Å²) in [5.41, 5.74) is -0.651. The van der Waals surface area contributed by atoms with Crippen LogP contribution in [0, 0.1) is 5.82 Å². The molecule has 0 N–H and O–H groups in total. The molecule has 1 rings (SSSR count). The van der Waals surface area contributed by atoms with Crippen molar-refractivity contribution in [3.63, 3.8) is 0 Å². The van der Waals surface area contributed by atoms with E-state index < -0.39 is 18.0 Å². The van der Waals surface area contributed by atoms with Crippen molar-refractivity contribution in [3.8, 4) is 0 Å². The second-order valence-corrected chi connectivity index (χ2v) is 6.05. The molecule has 94 valence electrons. The second-order valence-electron chi connectivity index (χ2n) is 4.46. The highest BCUT2D eigenvalue weighted by Gasteiger charge is 2.21. The van der Waals surface area contributed by atoms with Crippen LogP contribution in [0.2, 0.25) is 0 Å². The van der Waals surface area contributed by atoms with Crippen LogP contribution in [0.5, 0.6) is 0 Å². The summed E-state index contributed by atoms with van der Waals surface area (Å²) in [6.45, 7) is 5.56. The van der Waals surface area contributed by atoms with Crippen molar-refractivity contribution in [2.45, 2.75) is 31.9 Å². The van der Waals surface area contributed by atoms with Gasteiger partial charge in [0.1, 0.15) is 11.5 Å². The van der Waals surface area contributed by atoms with Crippen LogP contribution in [0.1, 0.15) is 26.3 Å². The molecule has 0 saturated heterocycles. The predicted octanol–water partition coefficient (Wildman–Crippen LogP) is 4.33. The average molecular weight is 261 g/mol. The summed E-state index contributed by atoms with van der Waals surface area (Å²) >= 11 is 1.01. The lowest BCUT2D eigenvalue weighted by Gasteiger charge is -2.14. The van der Waals surface area contributed by atoms with Crippen LogP contribution in [-0.2, 0) is 0 Å². The van der Waals surface area contributed by atoms with Gasteiger partial charge in [0.05, 0.1) is 0 Å². The summed E-state index contributed by atoms with van der Waals surface area (Å²) < 4.78 is 42.5. The molecule has 5 heteroatoms. The van der Waals surface area contributed by atoms with E-state index in [2.05, 4.69) is 4.40 Å². The van der Waals surface area contributed by atoms with Crippen LogP contribution in [0.15, 0.2) is 28.7 Å². The van der Waals surface area contributed by atoms with Crippen molar-refractivity contribution < 1.29 is 13.2 Å². The Morgan fingerprint density at radius 1 is 1.24 bits per heavy atom. The highest BCUT2D eigenvalue weighted by atomic mass is 32.2. The van der Waals surface area contributed by atoms with Gasteiger partial charge in [0.15, 0.2) is 0 Å². The van der Waals surface area contributed by atoms with E-state index in [4.69, 9.17) is 0 Å². The van der Waals surface area contributed by atoms with Crippen LogP contribution >= 0.6 is 11.9 Å². The first-order valence-electron chi connectivity index (χ1n) is 5.10. The molecule has 0 spiro atoms. The first-order valence-corrected chi connectivity index (χ1v) is 5.88. The maximum Gasteiger partial charge on any atom is 0.281 e. The van der Waals surface area contributed by atoms with E-state index in [1.54, 1.807) is 0 Å². The lowest BCUT2D eigenvalue weighted by atomic mass is 10.1. The molecule has 0 aromatic heterocycles. The van der Waals surface area contributed by atoms with Crippen molar-refractivity contribution in [1.82, 2.24) is 0 Å². The fraction of sp³-hybridized carbons (Fsp3) is 0.417. The number of alkyl halides is 2. The van der Waals surface area contributed by atoms with Gasteiger partial charge in [-0.3, -0.25) is 0 Å². The molecular weight excluding hydrogens is 247 g/mol. The Balaban J connectivity index is 3.07. The molecule has 1 aromatic rings. The number of nitrogens with zero attached hydrogens (tertiary/aromatic N) is 1. The minimum Gasteiger partial charge on any atom is -0.214 e. The third-order valence-corrected chi connectivity index (χ3v) is 2.61. The smallest absolute Gasteiger partial charge is 0.214 e. The molecule has 1 nitrogen and oxygen atoms in total. The quantitative estimate of drug-likeness (QED) is 0.583. The molecule has 0 aliphatic carbocycles. The Morgan fingerprint density at radius 3 is 2.29 bits per heavy atom. The molecule has 17 heavy (non-hydrogen) atoms. The van der Waals surface area contributed by atoms with Gasteiger partial charge in [0, 0.05) is 10.3 Å². The third kappa shape index (κ3) is 4.42. The topological polar surface area (TPSA) is 12.4 Å². The van der Waals surface area contributed by atoms with Gasteiger partial charge >= 0.3 is 0 Å². The zero-order valence-electron chi connectivity index (χ0n) is 9.88. The number of hydrogen-bond acceptors (Lipinski definition) is 2. The summed E-state index contributed by atoms with van der Waals surface area (Å²) in [5, 5.41) is 0. The summed E-state index contributed by atoms with van der Waals surface area (Å²) in [7, 11) is 0. The summed E-state index contributed by atoms with van der Waals surface area (Å²) in [5.74, 6) is -0.680. The Kier molecular flexibility index (Phi) is 4.62. The number of rotatable bonds is 3. The normalized spacial score (nSPS) is 13.2. The summed E-state index contributed by atoms with van der Waals surface area (Å²) in [6, 6.07) is 5.43. The standard InChI is InChI=1S/C12H14F3NS/c1-12(2,3)17-16-10(11(14)15)8-6-4-5-7-9(8)13/h4-7,11H,1-3H3/b16-10-. The van der Waals surface area contributed by atoms with E-state index in [1.807, 2.05) is 20.8 Å². The van der Waals surface area contributed by atoms with Crippen LogP contribution in [0.4, 0.5) is 13.2 Å². The highest BCUT2D eigenvalue weighted by Crippen LogP contribution is 2.26. The van der Waals surface area contributed by atoms with Gasteiger partial charge in [-0.05, 0) is 44.9 Å². The van der Waals surface area contributed by atoms with Gasteiger partial charge < -0.3 is 0 Å². The van der Waals surface area contributed by atoms with Crippen molar-refractivity contribution in [1.29, 1.82) is 0 Å². The second kappa shape index (κ2) is 5.58. The maximum absolute atomic E-state index is 13.4. The molecule has 0 amide bonds. The zero-order chi connectivity index (χ0) is 13.1. The lowest BCUT2D eigenvalue weighted by Crippen LogP contribution is -2.15. The molecule has 0 radical (unpaired) electrons. The maximum atomic E-state index is 13.4. The third-order valence-electron chi connectivity index (χ3n) is 1.77. The van der Waals surface area contributed by atoms with Gasteiger partial charge in [-0.25, -0.2) is 17.6 Å². The Labute approximate surface area is 103 Å². The molecule has 0 bridgehead atoms. The molecule has 0 aliphatic heterocycles. The number of benzene rings is 1. The fourth-order valence-corrected chi connectivity index (χ4v) is 1.61. The predicted molar refractivity (Wildman–Crippen MR) is 66.3 cm³/mol. The first kappa shape index (κ1) is 14.1. The zero-order valence-corrected chi connectivity index (χ0v) is 10.7. The van der Waals surface area contributed by atoms with E-state index in [0.29, 0.717) is 0 Å². The largest absolute Gasteiger partial charge is 0.281 e. The molecule has 0 unspecified atom stereocenters. The fourth-order valence-electron chi connectivity index (χ4n) is 1.06. The number of halogens is 3. The van der Waals surface area contributed by atoms with Crippen LogP contribution in [0.25, 0.3) is 0 Å². The molecule has 0 atom stereocenters. The minimum atomic E-state index is -2.79. The van der Waals surface area contributed by atoms with Gasteiger partial charge in [-0.2, -0.15) is 0 Å². The summed E-state index contributed by atoms with van der Waals surface area (Å²) in [4.78, 5) is 0. The monoisotopic (exact) mass is 261 g/mol. The van der Waals surface area contributed by atoms with E-state index >= 15 is 0 Å². The van der Waals surface area contributed by atoms with Gasteiger partial charge in [-0.1, -0.05) is 12.1 Å². The van der Waals surface area contributed by atoms with Crippen LogP contribution < -0.4 is 0 Å². The van der Waals surface area contributed by atoms with E-state index in [1.165, 1.54) is 18.2 Å². The first-order chi connectivity index (χ1) is 7.81. The molecule has 0 aliphatic rings. The van der Waals surface area contributed by atoms with Crippen LogP contribution in [-0.4, -0.2) is 16.9 Å². The van der Waals surface area contributed by atoms with Crippen molar-refractivity contribution >= 4 is 17.7 Å². The lowest BCUT2D eigenvalue weighted by molar-refractivity contribution is 0.226. The average Bonchev–Trinajstić information content (AvgIpc) is 2.18. The molecule has 0 fully saturated rings. The molecule has 0 saturated carbocycles. The van der Waals surface area contributed by atoms with E-state index in [0.717, 1.165) is 18.0 Å². The molecule has 0 heterocycles. The SMILES string of the molecule is CC(C)(C)S/N=C(/c1ccccc1F)C(F)F. The summed E-state index contributed by atoms with van der Waals surface area (Å²) in [6.07, 6.45) is -2.79.